The van der Waals surface area contributed by atoms with Gasteiger partial charge >= 0.3 is 0 Å². The zero-order valence-corrected chi connectivity index (χ0v) is 11.9. The number of hydrogen-bond acceptors (Lipinski definition) is 5. The lowest BCUT2D eigenvalue weighted by Crippen LogP contribution is -2.47. The Labute approximate surface area is 116 Å². The van der Waals surface area contributed by atoms with Gasteiger partial charge in [0, 0.05) is 25.8 Å². The summed E-state index contributed by atoms with van der Waals surface area (Å²) in [6.45, 7) is 1.99. The highest BCUT2D eigenvalue weighted by Gasteiger charge is 2.40. The maximum atomic E-state index is 12.1. The third kappa shape index (κ3) is 3.06. The van der Waals surface area contributed by atoms with E-state index in [9.17, 15) is 13.5 Å². The maximum Gasteiger partial charge on any atom is 0.243 e. The predicted molar refractivity (Wildman–Crippen MR) is 69.4 cm³/mol. The number of pyridine rings is 1. The Kier molecular flexibility index (Phi) is 4.12. The van der Waals surface area contributed by atoms with Crippen LogP contribution in [0.2, 0.25) is 5.15 Å². The van der Waals surface area contributed by atoms with Crippen LogP contribution in [-0.2, 0) is 14.8 Å². The first-order valence-corrected chi connectivity index (χ1v) is 7.65. The molecule has 2 N–H and O–H groups in total. The Balaban J connectivity index is 2.13. The van der Waals surface area contributed by atoms with Crippen LogP contribution in [0, 0.1) is 0 Å². The minimum absolute atomic E-state index is 0.0993. The van der Waals surface area contributed by atoms with E-state index in [2.05, 4.69) is 9.71 Å². The van der Waals surface area contributed by atoms with Crippen LogP contribution in [0.15, 0.2) is 23.2 Å². The van der Waals surface area contributed by atoms with Crippen molar-refractivity contribution in [3.63, 3.8) is 0 Å². The number of rotatable bonds is 4. The summed E-state index contributed by atoms with van der Waals surface area (Å²) in [5, 5.41) is 10.1. The molecule has 6 nitrogen and oxygen atoms in total. The van der Waals surface area contributed by atoms with E-state index in [1.165, 1.54) is 18.3 Å². The fourth-order valence-corrected chi connectivity index (χ4v) is 3.42. The normalized spacial score (nSPS) is 27.6. The van der Waals surface area contributed by atoms with Crippen molar-refractivity contribution in [2.45, 2.75) is 29.9 Å². The van der Waals surface area contributed by atoms with Gasteiger partial charge in [0.25, 0.3) is 0 Å². The third-order valence-electron chi connectivity index (χ3n) is 3.24. The van der Waals surface area contributed by atoms with E-state index in [-0.39, 0.29) is 16.6 Å². The van der Waals surface area contributed by atoms with Gasteiger partial charge < -0.3 is 9.84 Å². The first-order valence-electron chi connectivity index (χ1n) is 5.79. The van der Waals surface area contributed by atoms with Gasteiger partial charge in [0.15, 0.2) is 0 Å². The monoisotopic (exact) mass is 306 g/mol. The Morgan fingerprint density at radius 1 is 1.68 bits per heavy atom. The summed E-state index contributed by atoms with van der Waals surface area (Å²) < 4.78 is 31.7. The van der Waals surface area contributed by atoms with Crippen LogP contribution in [0.1, 0.15) is 13.3 Å². The molecule has 1 fully saturated rings. The van der Waals surface area contributed by atoms with Crippen molar-refractivity contribution < 1.29 is 18.3 Å². The molecule has 8 heteroatoms. The minimum atomic E-state index is -3.80. The molecular weight excluding hydrogens is 292 g/mol. The van der Waals surface area contributed by atoms with E-state index in [0.717, 1.165) is 0 Å². The molecule has 19 heavy (non-hydrogen) atoms. The topological polar surface area (TPSA) is 88.5 Å². The molecule has 1 aromatic rings. The molecule has 0 aromatic carbocycles. The van der Waals surface area contributed by atoms with Crippen molar-refractivity contribution in [1.82, 2.24) is 9.71 Å². The molecule has 1 aliphatic rings. The van der Waals surface area contributed by atoms with Gasteiger partial charge in [-0.3, -0.25) is 0 Å². The lowest BCUT2D eigenvalue weighted by Gasteiger charge is -2.26. The predicted octanol–water partition coefficient (Wildman–Crippen LogP) is 0.553. The fraction of sp³-hybridized carbons (Fsp3) is 0.545. The highest BCUT2D eigenvalue weighted by molar-refractivity contribution is 7.89. The average molecular weight is 307 g/mol. The Morgan fingerprint density at radius 2 is 2.42 bits per heavy atom. The number of ether oxygens (including phenoxy) is 1. The molecule has 0 spiro atoms. The van der Waals surface area contributed by atoms with Gasteiger partial charge in [-0.1, -0.05) is 11.6 Å². The molecule has 2 unspecified atom stereocenters. The van der Waals surface area contributed by atoms with Crippen molar-refractivity contribution in [1.29, 1.82) is 0 Å². The average Bonchev–Trinajstić information content (AvgIpc) is 2.68. The van der Waals surface area contributed by atoms with Gasteiger partial charge in [-0.05, 0) is 19.1 Å². The summed E-state index contributed by atoms with van der Waals surface area (Å²) in [6.07, 6.45) is 1.37. The van der Waals surface area contributed by atoms with Crippen LogP contribution in [0.25, 0.3) is 0 Å². The van der Waals surface area contributed by atoms with Crippen LogP contribution in [0.3, 0.4) is 0 Å². The summed E-state index contributed by atoms with van der Waals surface area (Å²) in [7, 11) is -3.80. The van der Waals surface area contributed by atoms with Crippen molar-refractivity contribution in [3.8, 4) is 0 Å². The SMILES string of the molecule is CC1OCCC1(O)CNS(=O)(=O)c1cccnc1Cl. The molecule has 0 aliphatic carbocycles. The van der Waals surface area contributed by atoms with E-state index in [0.29, 0.717) is 13.0 Å². The second kappa shape index (κ2) is 5.34. The van der Waals surface area contributed by atoms with Gasteiger partial charge in [-0.2, -0.15) is 0 Å². The Bertz CT molecular complexity index is 566. The maximum absolute atomic E-state index is 12.1. The number of aliphatic hydroxyl groups is 1. The molecule has 0 saturated carbocycles. The van der Waals surface area contributed by atoms with Crippen LogP contribution in [0.4, 0.5) is 0 Å². The number of aromatic nitrogens is 1. The molecule has 0 amide bonds. The van der Waals surface area contributed by atoms with Gasteiger partial charge in [-0.15, -0.1) is 0 Å². The van der Waals surface area contributed by atoms with Crippen molar-refractivity contribution in [3.05, 3.63) is 23.5 Å². The fourth-order valence-electron chi connectivity index (χ4n) is 1.87. The molecule has 0 bridgehead atoms. The molecular formula is C11H15ClN2O4S. The van der Waals surface area contributed by atoms with Crippen LogP contribution in [-0.4, -0.2) is 43.4 Å². The zero-order valence-electron chi connectivity index (χ0n) is 10.3. The molecule has 0 radical (unpaired) electrons. The van der Waals surface area contributed by atoms with E-state index in [1.54, 1.807) is 6.92 Å². The van der Waals surface area contributed by atoms with Crippen LogP contribution < -0.4 is 4.72 Å². The summed E-state index contributed by atoms with van der Waals surface area (Å²) in [4.78, 5) is 3.61. The van der Waals surface area contributed by atoms with Crippen molar-refractivity contribution >= 4 is 21.6 Å². The molecule has 106 valence electrons. The van der Waals surface area contributed by atoms with Crippen molar-refractivity contribution in [2.75, 3.05) is 13.2 Å². The summed E-state index contributed by atoms with van der Waals surface area (Å²) in [5.41, 5.74) is -1.19. The molecule has 1 saturated heterocycles. The molecule has 1 aromatic heterocycles. The molecule has 2 atom stereocenters. The largest absolute Gasteiger partial charge is 0.386 e. The third-order valence-corrected chi connectivity index (χ3v) is 5.09. The highest BCUT2D eigenvalue weighted by atomic mass is 35.5. The van der Waals surface area contributed by atoms with E-state index < -0.39 is 21.7 Å². The Morgan fingerprint density at radius 3 is 3.00 bits per heavy atom. The summed E-state index contributed by atoms with van der Waals surface area (Å²) >= 11 is 5.75. The summed E-state index contributed by atoms with van der Waals surface area (Å²) in [6, 6.07) is 2.84. The highest BCUT2D eigenvalue weighted by Crippen LogP contribution is 2.26. The van der Waals surface area contributed by atoms with Crippen LogP contribution in [0.5, 0.6) is 0 Å². The van der Waals surface area contributed by atoms with Crippen molar-refractivity contribution in [2.24, 2.45) is 0 Å². The molecule has 1 aliphatic heterocycles. The van der Waals surface area contributed by atoms with Gasteiger partial charge in [0.2, 0.25) is 10.0 Å². The number of sulfonamides is 1. The van der Waals surface area contributed by atoms with Gasteiger partial charge in [0.1, 0.15) is 15.6 Å². The second-order valence-electron chi connectivity index (χ2n) is 4.48. The number of nitrogens with zero attached hydrogens (tertiary/aromatic N) is 1. The lowest BCUT2D eigenvalue weighted by atomic mass is 9.97. The first kappa shape index (κ1) is 14.7. The second-order valence-corrected chi connectivity index (χ2v) is 6.58. The molecule has 2 heterocycles. The van der Waals surface area contributed by atoms with Gasteiger partial charge in [-0.25, -0.2) is 18.1 Å². The van der Waals surface area contributed by atoms with E-state index in [4.69, 9.17) is 16.3 Å². The summed E-state index contributed by atoms with van der Waals surface area (Å²) in [5.74, 6) is 0. The quantitative estimate of drug-likeness (QED) is 0.793. The molecule has 2 rings (SSSR count). The smallest absolute Gasteiger partial charge is 0.243 e. The first-order chi connectivity index (χ1) is 8.85. The van der Waals surface area contributed by atoms with Crippen LogP contribution >= 0.6 is 11.6 Å². The minimum Gasteiger partial charge on any atom is -0.386 e. The van der Waals surface area contributed by atoms with Gasteiger partial charge in [0.05, 0.1) is 6.10 Å². The number of hydrogen-bond donors (Lipinski definition) is 2. The zero-order chi connectivity index (χ0) is 14.1. The Hall–Kier alpha value is -0.730. The lowest BCUT2D eigenvalue weighted by molar-refractivity contribution is -0.0228. The number of nitrogens with one attached hydrogen (secondary N) is 1. The standard InChI is InChI=1S/C11H15ClN2O4S/c1-8-11(15,4-6-18-8)7-14-19(16,17)9-3-2-5-13-10(9)12/h2-3,5,8,14-15H,4,6-7H2,1H3. The van der Waals surface area contributed by atoms with E-state index >= 15 is 0 Å². The van der Waals surface area contributed by atoms with E-state index in [1.807, 2.05) is 0 Å². The number of halogens is 1.